The molecule has 262 valence electrons. The van der Waals surface area contributed by atoms with Crippen LogP contribution in [-0.2, 0) is 42.3 Å². The fraction of sp³-hybridized carbons (Fsp3) is 0.800. The minimum atomic E-state index is -4.79. The van der Waals surface area contributed by atoms with E-state index in [2.05, 4.69) is 11.4 Å². The summed E-state index contributed by atoms with van der Waals surface area (Å²) in [5, 5.41) is 27.1. The van der Waals surface area contributed by atoms with Gasteiger partial charge in [-0.2, -0.15) is 0 Å². The SMILES string of the molecule is CCCCCCCCCCCCCCCC(=O)OC[C@H](COP(=O)(O)OC[C@H](N)C(=O)O)OC(=O)CCCC(O)/C=C/C(=O)O. The summed E-state index contributed by atoms with van der Waals surface area (Å²) in [6.07, 6.45) is 14.7. The van der Waals surface area contributed by atoms with Crippen LogP contribution in [0.15, 0.2) is 12.2 Å². The van der Waals surface area contributed by atoms with Gasteiger partial charge in [-0.05, 0) is 25.3 Å². The standard InChI is InChI=1S/C30H54NO13P/c1-2-3-4-5-6-7-8-9-10-11-12-13-14-17-28(35)41-21-25(22-42-45(39,40)43-23-26(31)30(37)38)44-29(36)18-15-16-24(32)19-20-27(33)34/h19-20,24-26,32H,2-18,21-23,31H2,1H3,(H,33,34)(H,37,38)(H,39,40)/b20-19+/t24?,25-,26+/m1/s1. The molecule has 0 saturated heterocycles. The highest BCUT2D eigenvalue weighted by Gasteiger charge is 2.28. The lowest BCUT2D eigenvalue weighted by molar-refractivity contribution is -0.161. The van der Waals surface area contributed by atoms with Gasteiger partial charge in [0.15, 0.2) is 6.10 Å². The van der Waals surface area contributed by atoms with E-state index < -0.39 is 69.8 Å². The maximum Gasteiger partial charge on any atom is 0.472 e. The van der Waals surface area contributed by atoms with E-state index in [1.54, 1.807) is 0 Å². The van der Waals surface area contributed by atoms with Gasteiger partial charge < -0.3 is 35.4 Å². The Bertz CT molecular complexity index is 914. The van der Waals surface area contributed by atoms with Gasteiger partial charge in [0.2, 0.25) is 0 Å². The summed E-state index contributed by atoms with van der Waals surface area (Å²) in [5.41, 5.74) is 5.25. The third kappa shape index (κ3) is 27.7. The molecule has 15 heteroatoms. The molecule has 0 aliphatic heterocycles. The zero-order valence-electron chi connectivity index (χ0n) is 26.5. The van der Waals surface area contributed by atoms with Crippen molar-refractivity contribution in [2.75, 3.05) is 19.8 Å². The Morgan fingerprint density at radius 1 is 0.756 bits per heavy atom. The highest BCUT2D eigenvalue weighted by atomic mass is 31.2. The number of phosphoric ester groups is 1. The van der Waals surface area contributed by atoms with E-state index in [0.717, 1.165) is 31.4 Å². The molecular formula is C30H54NO13P. The first-order valence-electron chi connectivity index (χ1n) is 15.9. The van der Waals surface area contributed by atoms with Crippen molar-refractivity contribution in [3.8, 4) is 0 Å². The molecule has 0 fully saturated rings. The second-order valence-corrected chi connectivity index (χ2v) is 12.4. The number of hydrogen-bond donors (Lipinski definition) is 5. The molecule has 4 atom stereocenters. The summed E-state index contributed by atoms with van der Waals surface area (Å²) < 4.78 is 31.9. The molecule has 0 aromatic heterocycles. The van der Waals surface area contributed by atoms with E-state index in [-0.39, 0.29) is 25.7 Å². The number of nitrogens with two attached hydrogens (primary N) is 1. The van der Waals surface area contributed by atoms with Crippen LogP contribution < -0.4 is 5.73 Å². The van der Waals surface area contributed by atoms with Gasteiger partial charge in [0.1, 0.15) is 12.6 Å². The maximum atomic E-state index is 12.3. The van der Waals surface area contributed by atoms with Crippen molar-refractivity contribution >= 4 is 31.7 Å². The zero-order chi connectivity index (χ0) is 33.9. The summed E-state index contributed by atoms with van der Waals surface area (Å²) >= 11 is 0. The quantitative estimate of drug-likeness (QED) is 0.0304. The predicted molar refractivity (Wildman–Crippen MR) is 165 cm³/mol. The Morgan fingerprint density at radius 3 is 1.80 bits per heavy atom. The molecular weight excluding hydrogens is 613 g/mol. The van der Waals surface area contributed by atoms with E-state index in [9.17, 15) is 33.7 Å². The number of phosphoric acid groups is 1. The number of carbonyl (C=O) groups is 4. The fourth-order valence-corrected chi connectivity index (χ4v) is 4.89. The number of carbonyl (C=O) groups excluding carboxylic acids is 2. The van der Waals surface area contributed by atoms with Gasteiger partial charge in [-0.15, -0.1) is 0 Å². The van der Waals surface area contributed by atoms with Crippen LogP contribution in [0.25, 0.3) is 0 Å². The Hall–Kier alpha value is -2.35. The molecule has 0 rings (SSSR count). The van der Waals surface area contributed by atoms with Gasteiger partial charge in [-0.1, -0.05) is 84.0 Å². The van der Waals surface area contributed by atoms with E-state index in [1.165, 1.54) is 57.8 Å². The first kappa shape index (κ1) is 42.6. The number of rotatable bonds is 30. The van der Waals surface area contributed by atoms with Crippen molar-refractivity contribution in [3.63, 3.8) is 0 Å². The minimum Gasteiger partial charge on any atom is -0.480 e. The summed E-state index contributed by atoms with van der Waals surface area (Å²) in [7, 11) is -4.79. The lowest BCUT2D eigenvalue weighted by atomic mass is 10.0. The first-order valence-corrected chi connectivity index (χ1v) is 17.4. The van der Waals surface area contributed by atoms with E-state index in [1.807, 2.05) is 0 Å². The van der Waals surface area contributed by atoms with Gasteiger partial charge in [-0.3, -0.25) is 23.4 Å². The Balaban J connectivity index is 4.55. The summed E-state index contributed by atoms with van der Waals surface area (Å²) in [6.45, 7) is 0.214. The summed E-state index contributed by atoms with van der Waals surface area (Å²) in [4.78, 5) is 55.7. The molecule has 14 nitrogen and oxygen atoms in total. The number of aliphatic carboxylic acids is 2. The second-order valence-electron chi connectivity index (χ2n) is 10.9. The molecule has 0 aromatic carbocycles. The third-order valence-corrected chi connectivity index (χ3v) is 7.66. The Kier molecular flexibility index (Phi) is 25.4. The molecule has 0 amide bonds. The topological polar surface area (TPSA) is 229 Å². The number of aliphatic hydroxyl groups is 1. The second kappa shape index (κ2) is 26.8. The van der Waals surface area contributed by atoms with Gasteiger partial charge in [0, 0.05) is 18.9 Å². The van der Waals surface area contributed by atoms with Gasteiger partial charge in [-0.25, -0.2) is 9.36 Å². The Morgan fingerprint density at radius 2 is 1.27 bits per heavy atom. The van der Waals surface area contributed by atoms with Crippen molar-refractivity contribution in [2.45, 2.75) is 134 Å². The van der Waals surface area contributed by atoms with Crippen LogP contribution >= 0.6 is 7.82 Å². The number of unbranched alkanes of at least 4 members (excludes halogenated alkanes) is 12. The van der Waals surface area contributed by atoms with Crippen LogP contribution in [-0.4, -0.2) is 82.2 Å². The summed E-state index contributed by atoms with van der Waals surface area (Å²) in [5.74, 6) is -4.01. The van der Waals surface area contributed by atoms with Crippen molar-refractivity contribution in [1.82, 2.24) is 0 Å². The molecule has 0 aliphatic carbocycles. The molecule has 0 spiro atoms. The number of aliphatic hydroxyl groups excluding tert-OH is 1. The van der Waals surface area contributed by atoms with Crippen LogP contribution in [0, 0.1) is 0 Å². The molecule has 2 unspecified atom stereocenters. The third-order valence-electron chi connectivity index (χ3n) is 6.71. The number of carboxylic acids is 2. The molecule has 0 heterocycles. The number of hydrogen-bond acceptors (Lipinski definition) is 11. The zero-order valence-corrected chi connectivity index (χ0v) is 27.4. The number of esters is 2. The normalized spacial score (nSPS) is 14.8. The van der Waals surface area contributed by atoms with Gasteiger partial charge in [0.05, 0.1) is 19.3 Å². The van der Waals surface area contributed by atoms with Gasteiger partial charge >= 0.3 is 31.7 Å². The lowest BCUT2D eigenvalue weighted by Crippen LogP contribution is -2.34. The molecule has 45 heavy (non-hydrogen) atoms. The van der Waals surface area contributed by atoms with E-state index in [4.69, 9.17) is 29.9 Å². The van der Waals surface area contributed by atoms with Crippen LogP contribution in [0.4, 0.5) is 0 Å². The predicted octanol–water partition coefficient (Wildman–Crippen LogP) is 4.64. The number of carboxylic acid groups (broad SMARTS) is 2. The Labute approximate surface area is 266 Å². The van der Waals surface area contributed by atoms with Crippen LogP contribution in [0.2, 0.25) is 0 Å². The van der Waals surface area contributed by atoms with Crippen molar-refractivity contribution in [1.29, 1.82) is 0 Å². The van der Waals surface area contributed by atoms with E-state index >= 15 is 0 Å². The smallest absolute Gasteiger partial charge is 0.472 e. The average Bonchev–Trinajstić information content (AvgIpc) is 2.98. The average molecular weight is 668 g/mol. The monoisotopic (exact) mass is 667 g/mol. The van der Waals surface area contributed by atoms with Gasteiger partial charge in [0.25, 0.3) is 0 Å². The molecule has 0 aromatic rings. The van der Waals surface area contributed by atoms with Crippen molar-refractivity contribution < 1.29 is 62.5 Å². The largest absolute Gasteiger partial charge is 0.480 e. The van der Waals surface area contributed by atoms with Crippen molar-refractivity contribution in [3.05, 3.63) is 12.2 Å². The van der Waals surface area contributed by atoms with Crippen LogP contribution in [0.3, 0.4) is 0 Å². The molecule has 6 N–H and O–H groups in total. The summed E-state index contributed by atoms with van der Waals surface area (Å²) in [6, 6.07) is -1.57. The molecule has 0 saturated carbocycles. The van der Waals surface area contributed by atoms with E-state index in [0.29, 0.717) is 6.42 Å². The first-order chi connectivity index (χ1) is 21.4. The highest BCUT2D eigenvalue weighted by Crippen LogP contribution is 2.43. The number of ether oxygens (including phenoxy) is 2. The highest BCUT2D eigenvalue weighted by molar-refractivity contribution is 7.47. The van der Waals surface area contributed by atoms with Crippen molar-refractivity contribution in [2.24, 2.45) is 5.73 Å². The fourth-order valence-electron chi connectivity index (χ4n) is 4.11. The molecule has 0 radical (unpaired) electrons. The molecule has 0 bridgehead atoms. The minimum absolute atomic E-state index is 0.0671. The lowest BCUT2D eigenvalue weighted by Gasteiger charge is -2.20. The van der Waals surface area contributed by atoms with Crippen LogP contribution in [0.5, 0.6) is 0 Å². The molecule has 0 aliphatic rings. The maximum absolute atomic E-state index is 12.3. The van der Waals surface area contributed by atoms with Crippen LogP contribution in [0.1, 0.15) is 116 Å².